The third kappa shape index (κ3) is 5.21. The van der Waals surface area contributed by atoms with Crippen LogP contribution in [0, 0.1) is 0 Å². The van der Waals surface area contributed by atoms with Crippen LogP contribution in [0.4, 0.5) is 5.82 Å². The van der Waals surface area contributed by atoms with Crippen molar-refractivity contribution in [2.45, 2.75) is 64.5 Å². The summed E-state index contributed by atoms with van der Waals surface area (Å²) in [5.74, 6) is 0.968. The molecule has 1 aliphatic rings. The van der Waals surface area contributed by atoms with Crippen molar-refractivity contribution in [1.29, 1.82) is 0 Å². The minimum absolute atomic E-state index is 0.00728. The van der Waals surface area contributed by atoms with Crippen LogP contribution in [0.25, 0.3) is 16.8 Å². The second-order valence-electron chi connectivity index (χ2n) is 9.44. The highest BCUT2D eigenvalue weighted by Crippen LogP contribution is 2.25. The molecule has 35 heavy (non-hydrogen) atoms. The fourth-order valence-corrected chi connectivity index (χ4v) is 4.92. The van der Waals surface area contributed by atoms with Gasteiger partial charge in [-0.25, -0.2) is 4.98 Å². The minimum Gasteiger partial charge on any atom is -0.367 e. The third-order valence-electron chi connectivity index (χ3n) is 6.88. The Bertz CT molecular complexity index is 1290. The Morgan fingerprint density at radius 2 is 1.69 bits per heavy atom. The zero-order valence-corrected chi connectivity index (χ0v) is 20.5. The zero-order valence-electron chi connectivity index (χ0n) is 20.5. The number of amides is 1. The van der Waals surface area contributed by atoms with Crippen LogP contribution in [0.5, 0.6) is 0 Å². The summed E-state index contributed by atoms with van der Waals surface area (Å²) in [6.07, 6.45) is 7.68. The number of nitrogens with zero attached hydrogens (tertiary/aromatic N) is 3. The van der Waals surface area contributed by atoms with Gasteiger partial charge in [-0.15, -0.1) is 0 Å². The van der Waals surface area contributed by atoms with Crippen molar-refractivity contribution in [1.82, 2.24) is 19.9 Å². The number of hydrogen-bond donors (Lipinski definition) is 2. The first-order valence-corrected chi connectivity index (χ1v) is 12.7. The van der Waals surface area contributed by atoms with E-state index in [-0.39, 0.29) is 18.0 Å². The van der Waals surface area contributed by atoms with Crippen LogP contribution in [0.2, 0.25) is 0 Å². The van der Waals surface area contributed by atoms with E-state index in [1.54, 1.807) is 6.20 Å². The molecule has 0 radical (unpaired) electrons. The summed E-state index contributed by atoms with van der Waals surface area (Å²) in [4.78, 5) is 17.6. The Kier molecular flexibility index (Phi) is 6.80. The summed E-state index contributed by atoms with van der Waals surface area (Å²) < 4.78 is 1.86. The molecule has 180 valence electrons. The maximum Gasteiger partial charge on any atom is 0.251 e. The average Bonchev–Trinajstić information content (AvgIpc) is 3.54. The molecule has 4 aromatic rings. The first kappa shape index (κ1) is 23.1. The van der Waals surface area contributed by atoms with Gasteiger partial charge in [0.05, 0.1) is 6.20 Å². The van der Waals surface area contributed by atoms with Crippen molar-refractivity contribution < 1.29 is 4.79 Å². The van der Waals surface area contributed by atoms with E-state index in [0.717, 1.165) is 61.2 Å². The van der Waals surface area contributed by atoms with Gasteiger partial charge in [0.15, 0.2) is 5.65 Å². The predicted molar refractivity (Wildman–Crippen MR) is 141 cm³/mol. The summed E-state index contributed by atoms with van der Waals surface area (Å²) in [6, 6.07) is 21.0. The molecule has 1 aliphatic carbocycles. The molecule has 2 aromatic heterocycles. The fourth-order valence-electron chi connectivity index (χ4n) is 4.92. The van der Waals surface area contributed by atoms with Crippen molar-refractivity contribution in [2.75, 3.05) is 5.32 Å². The monoisotopic (exact) mass is 467 g/mol. The van der Waals surface area contributed by atoms with E-state index >= 15 is 0 Å². The average molecular weight is 468 g/mol. The highest BCUT2D eigenvalue weighted by molar-refractivity contribution is 5.94. The van der Waals surface area contributed by atoms with E-state index in [0.29, 0.717) is 5.56 Å². The van der Waals surface area contributed by atoms with Crippen LogP contribution in [0.15, 0.2) is 66.9 Å². The summed E-state index contributed by atoms with van der Waals surface area (Å²) >= 11 is 0. The molecule has 2 N–H and O–H groups in total. The second-order valence-corrected chi connectivity index (χ2v) is 9.44. The molecule has 2 heterocycles. The SMILES string of the molecule is CCCc1cc(N[C@@H]2CC[C@@H](NC(=O)c3ccc(-c4ccc(CC)cc4)cc3)C2)n2nccc2n1. The molecule has 6 nitrogen and oxygen atoms in total. The molecule has 1 amide bonds. The Morgan fingerprint density at radius 1 is 0.971 bits per heavy atom. The van der Waals surface area contributed by atoms with Crippen molar-refractivity contribution in [3.8, 4) is 11.1 Å². The number of aromatic nitrogens is 3. The summed E-state index contributed by atoms with van der Waals surface area (Å²) in [5, 5.41) is 11.3. The van der Waals surface area contributed by atoms with E-state index in [1.165, 1.54) is 11.1 Å². The highest BCUT2D eigenvalue weighted by atomic mass is 16.1. The summed E-state index contributed by atoms with van der Waals surface area (Å²) in [5.41, 5.74) is 6.27. The number of anilines is 1. The van der Waals surface area contributed by atoms with Crippen molar-refractivity contribution in [3.63, 3.8) is 0 Å². The highest BCUT2D eigenvalue weighted by Gasteiger charge is 2.27. The maximum absolute atomic E-state index is 12.9. The molecule has 0 aliphatic heterocycles. The lowest BCUT2D eigenvalue weighted by Crippen LogP contribution is -2.34. The molecule has 5 rings (SSSR count). The van der Waals surface area contributed by atoms with Gasteiger partial charge in [0, 0.05) is 35.5 Å². The van der Waals surface area contributed by atoms with Gasteiger partial charge in [-0.05, 0) is 60.9 Å². The molecule has 2 atom stereocenters. The van der Waals surface area contributed by atoms with Gasteiger partial charge < -0.3 is 10.6 Å². The van der Waals surface area contributed by atoms with Crippen molar-refractivity contribution in [3.05, 3.63) is 83.7 Å². The van der Waals surface area contributed by atoms with Gasteiger partial charge in [0.1, 0.15) is 5.82 Å². The zero-order chi connectivity index (χ0) is 24.2. The molecule has 6 heteroatoms. The van der Waals surface area contributed by atoms with Gasteiger partial charge in [0.2, 0.25) is 0 Å². The lowest BCUT2D eigenvalue weighted by molar-refractivity contribution is 0.0938. The molecule has 2 aromatic carbocycles. The van der Waals surface area contributed by atoms with Crippen LogP contribution < -0.4 is 10.6 Å². The number of nitrogens with one attached hydrogen (secondary N) is 2. The molecule has 0 spiro atoms. The van der Waals surface area contributed by atoms with Gasteiger partial charge in [-0.1, -0.05) is 56.7 Å². The number of benzene rings is 2. The molecule has 0 saturated heterocycles. The van der Waals surface area contributed by atoms with Gasteiger partial charge >= 0.3 is 0 Å². The number of carbonyl (C=O) groups is 1. The van der Waals surface area contributed by atoms with Gasteiger partial charge in [0.25, 0.3) is 5.91 Å². The number of hydrogen-bond acceptors (Lipinski definition) is 4. The summed E-state index contributed by atoms with van der Waals surface area (Å²) in [6.45, 7) is 4.32. The van der Waals surface area contributed by atoms with E-state index in [2.05, 4.69) is 64.9 Å². The lowest BCUT2D eigenvalue weighted by atomic mass is 10.0. The number of rotatable bonds is 8. The standard InChI is InChI=1S/C29H33N5O/c1-3-5-24-19-28(34-27(31-24)16-17-30-34)32-25-14-15-26(18-25)33-29(35)23-12-10-22(11-13-23)21-8-6-20(4-2)7-9-21/h6-13,16-17,19,25-26,32H,3-5,14-15,18H2,1-2H3,(H,33,35)/t25-,26-/m1/s1. The topological polar surface area (TPSA) is 71.3 Å². The first-order valence-electron chi connectivity index (χ1n) is 12.7. The van der Waals surface area contributed by atoms with E-state index < -0.39 is 0 Å². The van der Waals surface area contributed by atoms with Crippen LogP contribution in [0.3, 0.4) is 0 Å². The van der Waals surface area contributed by atoms with E-state index in [1.807, 2.05) is 34.8 Å². The normalized spacial score (nSPS) is 17.5. The third-order valence-corrected chi connectivity index (χ3v) is 6.88. The Morgan fingerprint density at radius 3 is 2.40 bits per heavy atom. The summed E-state index contributed by atoms with van der Waals surface area (Å²) in [7, 11) is 0. The lowest BCUT2D eigenvalue weighted by Gasteiger charge is -2.17. The van der Waals surface area contributed by atoms with Gasteiger partial charge in [-0.3, -0.25) is 4.79 Å². The predicted octanol–water partition coefficient (Wildman–Crippen LogP) is 5.67. The fraction of sp³-hybridized carbons (Fsp3) is 0.345. The Labute approximate surface area is 206 Å². The van der Waals surface area contributed by atoms with Crippen LogP contribution in [-0.2, 0) is 12.8 Å². The number of fused-ring (bicyclic) bond motifs is 1. The Balaban J connectivity index is 1.19. The van der Waals surface area contributed by atoms with Crippen LogP contribution in [-0.4, -0.2) is 32.6 Å². The molecule has 1 fully saturated rings. The first-order chi connectivity index (χ1) is 17.1. The van der Waals surface area contributed by atoms with Crippen molar-refractivity contribution in [2.24, 2.45) is 0 Å². The number of aryl methyl sites for hydroxylation is 2. The molecule has 0 unspecified atom stereocenters. The van der Waals surface area contributed by atoms with Crippen LogP contribution >= 0.6 is 0 Å². The van der Waals surface area contributed by atoms with Gasteiger partial charge in [-0.2, -0.15) is 9.61 Å². The molecular weight excluding hydrogens is 434 g/mol. The molecule has 0 bridgehead atoms. The maximum atomic E-state index is 12.9. The molecule has 1 saturated carbocycles. The largest absolute Gasteiger partial charge is 0.367 e. The van der Waals surface area contributed by atoms with E-state index in [9.17, 15) is 4.79 Å². The van der Waals surface area contributed by atoms with Crippen LogP contribution in [0.1, 0.15) is 61.1 Å². The number of carbonyl (C=O) groups excluding carboxylic acids is 1. The minimum atomic E-state index is -0.00728. The Hall–Kier alpha value is -3.67. The van der Waals surface area contributed by atoms with Crippen molar-refractivity contribution >= 4 is 17.4 Å². The quantitative estimate of drug-likeness (QED) is 0.350. The molecular formula is C29H33N5O. The van der Waals surface area contributed by atoms with E-state index in [4.69, 9.17) is 0 Å². The smallest absolute Gasteiger partial charge is 0.251 e. The second kappa shape index (κ2) is 10.3.